The van der Waals surface area contributed by atoms with Crippen molar-refractivity contribution in [3.05, 3.63) is 71.4 Å². The van der Waals surface area contributed by atoms with E-state index >= 15 is 0 Å². The molecule has 2 aromatic carbocycles. The lowest BCUT2D eigenvalue weighted by atomic mass is 9.94. The van der Waals surface area contributed by atoms with E-state index in [9.17, 15) is 14.4 Å². The minimum Gasteiger partial charge on any atom is -0.482 e. The Labute approximate surface area is 174 Å². The Hall–Kier alpha value is -3.81. The molecule has 30 heavy (non-hydrogen) atoms. The molecule has 0 unspecified atom stereocenters. The molecule has 1 heterocycles. The first-order valence-electron chi connectivity index (χ1n) is 9.51. The van der Waals surface area contributed by atoms with E-state index < -0.39 is 18.0 Å². The normalized spacial score (nSPS) is 15.7. The molecule has 1 aliphatic heterocycles. The summed E-state index contributed by atoms with van der Waals surface area (Å²) in [6.07, 6.45) is 0. The summed E-state index contributed by atoms with van der Waals surface area (Å²) < 4.78 is 10.2. The zero-order chi connectivity index (χ0) is 21.5. The molecule has 0 spiro atoms. The molecule has 0 fully saturated rings. The fourth-order valence-corrected chi connectivity index (χ4v) is 3.07. The van der Waals surface area contributed by atoms with Crippen LogP contribution in [0.2, 0.25) is 0 Å². The van der Waals surface area contributed by atoms with Crippen LogP contribution in [-0.2, 0) is 14.3 Å². The van der Waals surface area contributed by atoms with Gasteiger partial charge in [0.05, 0.1) is 18.2 Å². The second-order valence-electron chi connectivity index (χ2n) is 6.55. The van der Waals surface area contributed by atoms with Gasteiger partial charge in [-0.25, -0.2) is 9.59 Å². The minimum absolute atomic E-state index is 0.193. The first kappa shape index (κ1) is 20.9. The Morgan fingerprint density at radius 2 is 1.77 bits per heavy atom. The molecule has 156 valence electrons. The smallest absolute Gasteiger partial charge is 0.344 e. The topological polar surface area (TPSA) is 106 Å². The molecule has 0 saturated carbocycles. The molecule has 2 aromatic rings. The van der Waals surface area contributed by atoms with E-state index in [0.717, 1.165) is 0 Å². The lowest BCUT2D eigenvalue weighted by Gasteiger charge is -2.28. The van der Waals surface area contributed by atoms with Gasteiger partial charge in [-0.15, -0.1) is 0 Å². The summed E-state index contributed by atoms with van der Waals surface area (Å²) in [5.41, 5.74) is 2.23. The van der Waals surface area contributed by atoms with Crippen molar-refractivity contribution in [2.45, 2.75) is 19.9 Å². The number of hydrogen-bond acceptors (Lipinski definition) is 5. The van der Waals surface area contributed by atoms with Crippen LogP contribution in [0.3, 0.4) is 0 Å². The van der Waals surface area contributed by atoms with E-state index in [2.05, 4.69) is 16.0 Å². The van der Waals surface area contributed by atoms with Crippen molar-refractivity contribution in [1.29, 1.82) is 0 Å². The molecular weight excluding hydrogens is 386 g/mol. The second-order valence-corrected chi connectivity index (χ2v) is 6.55. The third-order valence-corrected chi connectivity index (χ3v) is 4.42. The van der Waals surface area contributed by atoms with Crippen molar-refractivity contribution >= 4 is 23.6 Å². The lowest BCUT2D eigenvalue weighted by Crippen LogP contribution is -2.45. The predicted molar refractivity (Wildman–Crippen MR) is 111 cm³/mol. The standard InChI is InChI=1S/C22H23N3O5/c1-3-29-18(26)13-30-17-11-9-15(10-12-17)20-19(14(2)23-22(28)25-20)21(27)24-16-7-5-4-6-8-16/h4-12,20H,3,13H2,1-2H3,(H,24,27)(H2,23,25,28)/t20-/m1/s1. The Kier molecular flexibility index (Phi) is 6.69. The number of hydrogen-bond donors (Lipinski definition) is 3. The monoisotopic (exact) mass is 409 g/mol. The molecule has 0 aliphatic carbocycles. The van der Waals surface area contributed by atoms with E-state index in [0.29, 0.717) is 28.3 Å². The largest absolute Gasteiger partial charge is 0.482 e. The van der Waals surface area contributed by atoms with Gasteiger partial charge >= 0.3 is 12.0 Å². The molecule has 8 heteroatoms. The fourth-order valence-electron chi connectivity index (χ4n) is 3.07. The highest BCUT2D eigenvalue weighted by Gasteiger charge is 2.31. The summed E-state index contributed by atoms with van der Waals surface area (Å²) in [5.74, 6) is -0.299. The highest BCUT2D eigenvalue weighted by molar-refractivity contribution is 6.06. The van der Waals surface area contributed by atoms with Gasteiger partial charge < -0.3 is 25.4 Å². The first-order chi connectivity index (χ1) is 14.5. The fraction of sp³-hybridized carbons (Fsp3) is 0.227. The minimum atomic E-state index is -0.637. The van der Waals surface area contributed by atoms with Crippen molar-refractivity contribution in [2.24, 2.45) is 0 Å². The van der Waals surface area contributed by atoms with Crippen molar-refractivity contribution < 1.29 is 23.9 Å². The molecule has 0 aromatic heterocycles. The summed E-state index contributed by atoms with van der Waals surface area (Å²) in [5, 5.41) is 8.28. The van der Waals surface area contributed by atoms with Crippen LogP contribution in [0.25, 0.3) is 0 Å². The number of anilines is 1. The number of para-hydroxylation sites is 1. The number of nitrogens with one attached hydrogen (secondary N) is 3. The number of urea groups is 1. The molecule has 1 aliphatic rings. The van der Waals surface area contributed by atoms with Gasteiger partial charge in [-0.05, 0) is 43.7 Å². The molecule has 3 N–H and O–H groups in total. The molecule has 0 saturated heterocycles. The van der Waals surface area contributed by atoms with Gasteiger partial charge in [0.1, 0.15) is 5.75 Å². The first-order valence-corrected chi connectivity index (χ1v) is 9.51. The summed E-state index contributed by atoms with van der Waals surface area (Å²) in [7, 11) is 0. The molecule has 3 rings (SSSR count). The van der Waals surface area contributed by atoms with Crippen LogP contribution in [0, 0.1) is 0 Å². The van der Waals surface area contributed by atoms with Crippen LogP contribution >= 0.6 is 0 Å². The molecule has 3 amide bonds. The lowest BCUT2D eigenvalue weighted by molar-refractivity contribution is -0.145. The van der Waals surface area contributed by atoms with Gasteiger partial charge in [-0.3, -0.25) is 4.79 Å². The van der Waals surface area contributed by atoms with E-state index in [4.69, 9.17) is 9.47 Å². The van der Waals surface area contributed by atoms with Crippen molar-refractivity contribution in [3.8, 4) is 5.75 Å². The summed E-state index contributed by atoms with van der Waals surface area (Å²) in [4.78, 5) is 36.4. The number of ether oxygens (including phenoxy) is 2. The van der Waals surface area contributed by atoms with E-state index in [-0.39, 0.29) is 19.1 Å². The highest BCUT2D eigenvalue weighted by atomic mass is 16.6. The number of allylic oxidation sites excluding steroid dienone is 1. The average molecular weight is 409 g/mol. The molecule has 8 nitrogen and oxygen atoms in total. The predicted octanol–water partition coefficient (Wildman–Crippen LogP) is 2.90. The van der Waals surface area contributed by atoms with Gasteiger partial charge in [-0.2, -0.15) is 0 Å². The Bertz CT molecular complexity index is 954. The quantitative estimate of drug-likeness (QED) is 0.610. The number of benzene rings is 2. The van der Waals surface area contributed by atoms with Crippen LogP contribution < -0.4 is 20.7 Å². The molecular formula is C22H23N3O5. The number of esters is 1. The number of rotatable bonds is 7. The summed E-state index contributed by atoms with van der Waals surface area (Å²) >= 11 is 0. The zero-order valence-electron chi connectivity index (χ0n) is 16.7. The maximum absolute atomic E-state index is 12.9. The summed E-state index contributed by atoms with van der Waals surface area (Å²) in [6.45, 7) is 3.50. The third kappa shape index (κ3) is 5.16. The van der Waals surface area contributed by atoms with E-state index in [1.54, 1.807) is 50.2 Å². The van der Waals surface area contributed by atoms with Gasteiger partial charge in [0.2, 0.25) is 0 Å². The Balaban J connectivity index is 1.78. The molecule has 1 atom stereocenters. The van der Waals surface area contributed by atoms with Crippen molar-refractivity contribution in [2.75, 3.05) is 18.5 Å². The van der Waals surface area contributed by atoms with Crippen LogP contribution in [0.5, 0.6) is 5.75 Å². The summed E-state index contributed by atoms with van der Waals surface area (Å²) in [6, 6.07) is 14.9. The second kappa shape index (κ2) is 9.60. The average Bonchev–Trinajstić information content (AvgIpc) is 2.73. The van der Waals surface area contributed by atoms with E-state index in [1.807, 2.05) is 18.2 Å². The number of amides is 3. The maximum atomic E-state index is 12.9. The van der Waals surface area contributed by atoms with Crippen molar-refractivity contribution in [1.82, 2.24) is 10.6 Å². The van der Waals surface area contributed by atoms with Crippen LogP contribution in [0.15, 0.2) is 65.9 Å². The number of carbonyl (C=O) groups excluding carboxylic acids is 3. The van der Waals surface area contributed by atoms with Crippen LogP contribution in [0.4, 0.5) is 10.5 Å². The Morgan fingerprint density at radius 3 is 2.43 bits per heavy atom. The molecule has 0 bridgehead atoms. The highest BCUT2D eigenvalue weighted by Crippen LogP contribution is 2.29. The van der Waals surface area contributed by atoms with Gasteiger partial charge in [-0.1, -0.05) is 30.3 Å². The van der Waals surface area contributed by atoms with Gasteiger partial charge in [0.15, 0.2) is 6.61 Å². The zero-order valence-corrected chi connectivity index (χ0v) is 16.7. The van der Waals surface area contributed by atoms with Gasteiger partial charge in [0.25, 0.3) is 5.91 Å². The molecule has 0 radical (unpaired) electrons. The van der Waals surface area contributed by atoms with Crippen molar-refractivity contribution in [3.63, 3.8) is 0 Å². The van der Waals surface area contributed by atoms with Gasteiger partial charge in [0, 0.05) is 11.4 Å². The van der Waals surface area contributed by atoms with E-state index in [1.165, 1.54) is 0 Å². The SMILES string of the molecule is CCOC(=O)COc1ccc([C@H]2NC(=O)NC(C)=C2C(=O)Nc2ccccc2)cc1. The Morgan fingerprint density at radius 1 is 1.07 bits per heavy atom. The van der Waals surface area contributed by atoms with Crippen LogP contribution in [0.1, 0.15) is 25.5 Å². The third-order valence-electron chi connectivity index (χ3n) is 4.42. The van der Waals surface area contributed by atoms with Crippen LogP contribution in [-0.4, -0.2) is 31.1 Å². The number of carbonyl (C=O) groups is 3. The maximum Gasteiger partial charge on any atom is 0.344 e.